The molecule has 5 nitrogen and oxygen atoms in total. The molecule has 0 spiro atoms. The summed E-state index contributed by atoms with van der Waals surface area (Å²) in [6.07, 6.45) is 0.826. The number of aryl methyl sites for hydroxylation is 1. The normalized spacial score (nSPS) is 10.8. The molecule has 142 valence electrons. The molecule has 0 saturated heterocycles. The van der Waals surface area contributed by atoms with Crippen LogP contribution < -0.4 is 16.0 Å². The molecule has 0 aliphatic heterocycles. The average molecular weight is 486 g/mol. The number of aliphatic imine (C=N–C) groups is 1. The second kappa shape index (κ2) is 12.7. The summed E-state index contributed by atoms with van der Waals surface area (Å²) in [5.41, 5.74) is 1.22. The van der Waals surface area contributed by atoms with Gasteiger partial charge in [0.15, 0.2) is 5.96 Å². The lowest BCUT2D eigenvalue weighted by molar-refractivity contribution is -0.119. The molecule has 1 aromatic heterocycles. The highest BCUT2D eigenvalue weighted by Gasteiger charge is 2.03. The molecule has 2 rings (SSSR count). The number of nitrogens with zero attached hydrogens (tertiary/aromatic N) is 1. The van der Waals surface area contributed by atoms with Gasteiger partial charge in [0.1, 0.15) is 6.54 Å². The third-order valence-electron chi connectivity index (χ3n) is 3.53. The van der Waals surface area contributed by atoms with Gasteiger partial charge in [-0.2, -0.15) is 0 Å². The zero-order valence-electron chi connectivity index (χ0n) is 15.2. The van der Waals surface area contributed by atoms with Gasteiger partial charge in [-0.25, -0.2) is 4.99 Å². The van der Waals surface area contributed by atoms with Crippen LogP contribution in [0.5, 0.6) is 0 Å². The van der Waals surface area contributed by atoms with Crippen LogP contribution in [0, 0.1) is 6.92 Å². The second-order valence-corrected chi connectivity index (χ2v) is 7.02. The van der Waals surface area contributed by atoms with Crippen molar-refractivity contribution in [2.24, 2.45) is 4.99 Å². The van der Waals surface area contributed by atoms with E-state index in [0.717, 1.165) is 13.0 Å². The lowest BCUT2D eigenvalue weighted by Gasteiger charge is -2.10. The van der Waals surface area contributed by atoms with E-state index in [1.807, 2.05) is 25.1 Å². The van der Waals surface area contributed by atoms with Gasteiger partial charge in [-0.3, -0.25) is 4.79 Å². The van der Waals surface area contributed by atoms with E-state index in [9.17, 15) is 4.79 Å². The van der Waals surface area contributed by atoms with Gasteiger partial charge in [0.05, 0.1) is 6.54 Å². The number of halogens is 1. The van der Waals surface area contributed by atoms with Crippen molar-refractivity contribution < 1.29 is 4.79 Å². The van der Waals surface area contributed by atoms with Crippen LogP contribution >= 0.6 is 35.3 Å². The van der Waals surface area contributed by atoms with E-state index in [2.05, 4.69) is 52.1 Å². The zero-order valence-corrected chi connectivity index (χ0v) is 18.4. The van der Waals surface area contributed by atoms with E-state index in [1.54, 1.807) is 11.3 Å². The predicted molar refractivity (Wildman–Crippen MR) is 120 cm³/mol. The zero-order chi connectivity index (χ0) is 17.9. The van der Waals surface area contributed by atoms with Gasteiger partial charge in [-0.1, -0.05) is 30.3 Å². The number of amides is 1. The van der Waals surface area contributed by atoms with Crippen LogP contribution in [0.25, 0.3) is 0 Å². The smallest absolute Gasteiger partial charge is 0.241 e. The molecule has 0 bridgehead atoms. The molecule has 1 amide bonds. The minimum absolute atomic E-state index is 0. The lowest BCUT2D eigenvalue weighted by atomic mass is 10.1. The molecular formula is C19H27IN4OS. The first kappa shape index (κ1) is 22.4. The molecule has 3 N–H and O–H groups in total. The molecule has 26 heavy (non-hydrogen) atoms. The summed E-state index contributed by atoms with van der Waals surface area (Å²) >= 11 is 1.76. The lowest BCUT2D eigenvalue weighted by Crippen LogP contribution is -2.38. The van der Waals surface area contributed by atoms with Crippen LogP contribution in [-0.2, 0) is 17.8 Å². The topological polar surface area (TPSA) is 65.5 Å². The van der Waals surface area contributed by atoms with Gasteiger partial charge in [0, 0.05) is 22.8 Å². The molecule has 2 aromatic rings. The number of hydrogen-bond donors (Lipinski definition) is 3. The number of nitrogens with one attached hydrogen (secondary N) is 3. The SMILES string of the molecule is CCNC(=NCC(=O)NCCc1ccccc1)NCc1ccc(C)s1.I. The van der Waals surface area contributed by atoms with Crippen molar-refractivity contribution in [3.05, 3.63) is 57.8 Å². The first-order valence-electron chi connectivity index (χ1n) is 8.55. The maximum atomic E-state index is 11.9. The van der Waals surface area contributed by atoms with Crippen molar-refractivity contribution in [3.63, 3.8) is 0 Å². The van der Waals surface area contributed by atoms with Crippen LogP contribution in [0.15, 0.2) is 47.5 Å². The molecule has 0 fully saturated rings. The highest BCUT2D eigenvalue weighted by molar-refractivity contribution is 14.0. The standard InChI is InChI=1S/C19H26N4OS.HI/c1-3-20-19(22-13-17-10-9-15(2)25-17)23-14-18(24)21-12-11-16-7-5-4-6-8-16;/h4-10H,3,11-14H2,1-2H3,(H,21,24)(H2,20,22,23);1H. The molecule has 0 aliphatic rings. The quantitative estimate of drug-likeness (QED) is 0.305. The van der Waals surface area contributed by atoms with Crippen molar-refractivity contribution in [2.75, 3.05) is 19.6 Å². The van der Waals surface area contributed by atoms with E-state index in [4.69, 9.17) is 0 Å². The number of carbonyl (C=O) groups excluding carboxylic acids is 1. The van der Waals surface area contributed by atoms with Gasteiger partial charge in [-0.05, 0) is 38.0 Å². The first-order valence-corrected chi connectivity index (χ1v) is 9.37. The predicted octanol–water partition coefficient (Wildman–Crippen LogP) is 3.09. The Morgan fingerprint density at radius 1 is 1.08 bits per heavy atom. The second-order valence-electron chi connectivity index (χ2n) is 5.65. The fraction of sp³-hybridized carbons (Fsp3) is 0.368. The molecule has 1 heterocycles. The number of benzene rings is 1. The first-order chi connectivity index (χ1) is 12.2. The van der Waals surface area contributed by atoms with Gasteiger partial charge < -0.3 is 16.0 Å². The fourth-order valence-electron chi connectivity index (χ4n) is 2.29. The average Bonchev–Trinajstić information content (AvgIpc) is 3.04. The summed E-state index contributed by atoms with van der Waals surface area (Å²) in [6.45, 7) is 6.30. The summed E-state index contributed by atoms with van der Waals surface area (Å²) < 4.78 is 0. The van der Waals surface area contributed by atoms with E-state index < -0.39 is 0 Å². The number of hydrogen-bond acceptors (Lipinski definition) is 3. The minimum atomic E-state index is -0.0693. The highest BCUT2D eigenvalue weighted by Crippen LogP contribution is 2.14. The summed E-state index contributed by atoms with van der Waals surface area (Å²) in [4.78, 5) is 18.8. The van der Waals surface area contributed by atoms with E-state index in [-0.39, 0.29) is 36.4 Å². The molecule has 0 aliphatic carbocycles. The molecule has 0 saturated carbocycles. The van der Waals surface area contributed by atoms with Gasteiger partial charge in [-0.15, -0.1) is 35.3 Å². The Balaban J connectivity index is 0.00000338. The van der Waals surface area contributed by atoms with Gasteiger partial charge in [0.2, 0.25) is 5.91 Å². The summed E-state index contributed by atoms with van der Waals surface area (Å²) in [5, 5.41) is 9.32. The maximum absolute atomic E-state index is 11.9. The third-order valence-corrected chi connectivity index (χ3v) is 4.53. The largest absolute Gasteiger partial charge is 0.357 e. The Kier molecular flexibility index (Phi) is 11.0. The van der Waals surface area contributed by atoms with Crippen molar-refractivity contribution in [1.29, 1.82) is 0 Å². The molecule has 1 aromatic carbocycles. The summed E-state index contributed by atoms with van der Waals surface area (Å²) in [7, 11) is 0. The highest BCUT2D eigenvalue weighted by atomic mass is 127. The molecule has 0 atom stereocenters. The third kappa shape index (κ3) is 8.66. The van der Waals surface area contributed by atoms with Gasteiger partial charge >= 0.3 is 0 Å². The van der Waals surface area contributed by atoms with E-state index in [1.165, 1.54) is 15.3 Å². The number of thiophene rings is 1. The van der Waals surface area contributed by atoms with Crippen molar-refractivity contribution in [1.82, 2.24) is 16.0 Å². The Morgan fingerprint density at radius 3 is 2.50 bits per heavy atom. The molecule has 0 unspecified atom stereocenters. The summed E-state index contributed by atoms with van der Waals surface area (Å²) in [6, 6.07) is 14.3. The van der Waals surface area contributed by atoms with Crippen molar-refractivity contribution in [3.8, 4) is 0 Å². The van der Waals surface area contributed by atoms with Crippen LogP contribution in [-0.4, -0.2) is 31.5 Å². The number of rotatable bonds is 8. The van der Waals surface area contributed by atoms with Crippen molar-refractivity contribution >= 4 is 47.2 Å². The molecular weight excluding hydrogens is 459 g/mol. The van der Waals surface area contributed by atoms with E-state index in [0.29, 0.717) is 19.0 Å². The maximum Gasteiger partial charge on any atom is 0.241 e. The Morgan fingerprint density at radius 2 is 1.85 bits per heavy atom. The van der Waals surface area contributed by atoms with Gasteiger partial charge in [0.25, 0.3) is 0 Å². The Labute approximate surface area is 176 Å². The number of guanidine groups is 1. The Hall–Kier alpha value is -1.61. The molecule has 7 heteroatoms. The summed E-state index contributed by atoms with van der Waals surface area (Å²) in [5.74, 6) is 0.590. The van der Waals surface area contributed by atoms with Crippen LogP contribution in [0.3, 0.4) is 0 Å². The van der Waals surface area contributed by atoms with Crippen LogP contribution in [0.1, 0.15) is 22.2 Å². The van der Waals surface area contributed by atoms with Crippen molar-refractivity contribution in [2.45, 2.75) is 26.8 Å². The van der Waals surface area contributed by atoms with Crippen LogP contribution in [0.2, 0.25) is 0 Å². The Bertz CT molecular complexity index is 688. The van der Waals surface area contributed by atoms with Crippen LogP contribution in [0.4, 0.5) is 0 Å². The minimum Gasteiger partial charge on any atom is -0.357 e. The number of carbonyl (C=O) groups is 1. The van der Waals surface area contributed by atoms with E-state index >= 15 is 0 Å². The fourth-order valence-corrected chi connectivity index (χ4v) is 3.12. The monoisotopic (exact) mass is 486 g/mol. The molecule has 0 radical (unpaired) electrons.